The summed E-state index contributed by atoms with van der Waals surface area (Å²) in [5.74, 6) is 0.232. The molecule has 0 N–H and O–H groups in total. The first kappa shape index (κ1) is 15.0. The highest BCUT2D eigenvalue weighted by atomic mass is 79.9. The summed E-state index contributed by atoms with van der Waals surface area (Å²) < 4.78 is 7.68. The standard InChI is InChI=1S/C16H16BrN3O2/c1-16(2,3)22-15(21)20-11-6-7-12(17)19-13(11)10(8-18)14(20)9-4-5-9/h6-7,9H,4-5H2,1-3H3. The van der Waals surface area contributed by atoms with Gasteiger partial charge in [0.05, 0.1) is 11.2 Å². The van der Waals surface area contributed by atoms with Gasteiger partial charge in [-0.05, 0) is 61.7 Å². The second-order valence-electron chi connectivity index (χ2n) is 6.46. The molecule has 2 aromatic rings. The predicted octanol–water partition coefficient (Wildman–Crippen LogP) is 4.33. The van der Waals surface area contributed by atoms with E-state index in [4.69, 9.17) is 4.74 Å². The maximum Gasteiger partial charge on any atom is 0.419 e. The van der Waals surface area contributed by atoms with Crippen LogP contribution in [0.15, 0.2) is 16.7 Å². The van der Waals surface area contributed by atoms with E-state index < -0.39 is 11.7 Å². The lowest BCUT2D eigenvalue weighted by Gasteiger charge is -2.21. The molecule has 0 saturated heterocycles. The molecule has 0 radical (unpaired) electrons. The highest BCUT2D eigenvalue weighted by Crippen LogP contribution is 2.44. The Hall–Kier alpha value is -1.87. The van der Waals surface area contributed by atoms with Crippen molar-refractivity contribution >= 4 is 33.1 Å². The molecule has 0 atom stereocenters. The van der Waals surface area contributed by atoms with Crippen LogP contribution in [0.1, 0.15) is 50.8 Å². The Morgan fingerprint density at radius 2 is 2.14 bits per heavy atom. The quantitative estimate of drug-likeness (QED) is 0.708. The van der Waals surface area contributed by atoms with Gasteiger partial charge in [0, 0.05) is 5.92 Å². The lowest BCUT2D eigenvalue weighted by Crippen LogP contribution is -2.28. The fraction of sp³-hybridized carbons (Fsp3) is 0.438. The Morgan fingerprint density at radius 3 is 2.68 bits per heavy atom. The summed E-state index contributed by atoms with van der Waals surface area (Å²) in [5, 5.41) is 9.54. The third-order valence-corrected chi connectivity index (χ3v) is 3.91. The van der Waals surface area contributed by atoms with E-state index in [-0.39, 0.29) is 5.92 Å². The van der Waals surface area contributed by atoms with Crippen LogP contribution >= 0.6 is 15.9 Å². The van der Waals surface area contributed by atoms with Crippen molar-refractivity contribution in [3.63, 3.8) is 0 Å². The van der Waals surface area contributed by atoms with Crippen molar-refractivity contribution in [2.24, 2.45) is 0 Å². The molecule has 0 amide bonds. The van der Waals surface area contributed by atoms with Crippen molar-refractivity contribution in [3.8, 4) is 6.07 Å². The molecule has 1 fully saturated rings. The number of aromatic nitrogens is 2. The summed E-state index contributed by atoms with van der Waals surface area (Å²) in [6, 6.07) is 5.77. The molecule has 114 valence electrons. The summed E-state index contributed by atoms with van der Waals surface area (Å²) in [7, 11) is 0. The van der Waals surface area contributed by atoms with E-state index in [1.807, 2.05) is 20.8 Å². The van der Waals surface area contributed by atoms with Crippen LogP contribution in [-0.4, -0.2) is 21.2 Å². The van der Waals surface area contributed by atoms with Gasteiger partial charge in [-0.1, -0.05) is 0 Å². The molecule has 1 aliphatic carbocycles. The van der Waals surface area contributed by atoms with Crippen LogP contribution in [0, 0.1) is 11.3 Å². The van der Waals surface area contributed by atoms with E-state index in [9.17, 15) is 10.1 Å². The molecular formula is C16H16BrN3O2. The normalized spacial score (nSPS) is 14.9. The fourth-order valence-electron chi connectivity index (χ4n) is 2.51. The van der Waals surface area contributed by atoms with Gasteiger partial charge < -0.3 is 4.74 Å². The zero-order chi connectivity index (χ0) is 16.1. The Balaban J connectivity index is 2.26. The zero-order valence-corrected chi connectivity index (χ0v) is 14.3. The van der Waals surface area contributed by atoms with Gasteiger partial charge in [-0.2, -0.15) is 5.26 Å². The molecule has 0 bridgehead atoms. The van der Waals surface area contributed by atoms with E-state index in [2.05, 4.69) is 27.0 Å². The number of carbonyl (C=O) groups is 1. The molecule has 2 aromatic heterocycles. The molecule has 1 aliphatic rings. The lowest BCUT2D eigenvalue weighted by molar-refractivity contribution is 0.0540. The predicted molar refractivity (Wildman–Crippen MR) is 85.8 cm³/mol. The van der Waals surface area contributed by atoms with E-state index in [0.717, 1.165) is 18.5 Å². The number of carbonyl (C=O) groups excluding carboxylic acids is 1. The molecule has 2 heterocycles. The zero-order valence-electron chi connectivity index (χ0n) is 12.7. The minimum atomic E-state index is -0.593. The van der Waals surface area contributed by atoms with Crippen LogP contribution < -0.4 is 0 Å². The van der Waals surface area contributed by atoms with Gasteiger partial charge >= 0.3 is 6.09 Å². The minimum Gasteiger partial charge on any atom is -0.443 e. The Morgan fingerprint density at radius 1 is 1.45 bits per heavy atom. The van der Waals surface area contributed by atoms with Crippen LogP contribution in [-0.2, 0) is 4.74 Å². The average Bonchev–Trinajstić information content (AvgIpc) is 3.18. The van der Waals surface area contributed by atoms with Gasteiger partial charge in [-0.3, -0.25) is 0 Å². The second kappa shape index (κ2) is 5.10. The topological polar surface area (TPSA) is 67.9 Å². The Bertz CT molecular complexity index is 807. The molecule has 0 spiro atoms. The Labute approximate surface area is 137 Å². The first-order valence-electron chi connectivity index (χ1n) is 7.16. The average molecular weight is 362 g/mol. The van der Waals surface area contributed by atoms with Gasteiger partial charge in [-0.15, -0.1) is 0 Å². The summed E-state index contributed by atoms with van der Waals surface area (Å²) in [5.41, 5.74) is 1.78. The number of nitrogens with zero attached hydrogens (tertiary/aromatic N) is 3. The monoisotopic (exact) mass is 361 g/mol. The van der Waals surface area contributed by atoms with Crippen LogP contribution in [0.5, 0.6) is 0 Å². The highest BCUT2D eigenvalue weighted by Gasteiger charge is 2.35. The van der Waals surface area contributed by atoms with Gasteiger partial charge in [-0.25, -0.2) is 14.3 Å². The number of ether oxygens (including phenoxy) is 1. The molecular weight excluding hydrogens is 346 g/mol. The molecule has 1 saturated carbocycles. The number of nitriles is 1. The van der Waals surface area contributed by atoms with Crippen LogP contribution in [0.2, 0.25) is 0 Å². The first-order chi connectivity index (χ1) is 10.3. The van der Waals surface area contributed by atoms with Crippen molar-refractivity contribution < 1.29 is 9.53 Å². The third kappa shape index (κ3) is 2.61. The van der Waals surface area contributed by atoms with E-state index in [1.165, 1.54) is 4.57 Å². The van der Waals surface area contributed by atoms with E-state index in [0.29, 0.717) is 21.2 Å². The van der Waals surface area contributed by atoms with Gasteiger partial charge in [0.1, 0.15) is 27.4 Å². The Kier molecular flexibility index (Phi) is 3.48. The largest absolute Gasteiger partial charge is 0.443 e. The maximum atomic E-state index is 12.6. The number of halogens is 1. The number of hydrogen-bond donors (Lipinski definition) is 0. The highest BCUT2D eigenvalue weighted by molar-refractivity contribution is 9.10. The first-order valence-corrected chi connectivity index (χ1v) is 7.95. The van der Waals surface area contributed by atoms with Crippen LogP contribution in [0.3, 0.4) is 0 Å². The van der Waals surface area contributed by atoms with Gasteiger partial charge in [0.15, 0.2) is 0 Å². The van der Waals surface area contributed by atoms with Gasteiger partial charge in [0.2, 0.25) is 0 Å². The molecule has 6 heteroatoms. The molecule has 0 aliphatic heterocycles. The van der Waals surface area contributed by atoms with Gasteiger partial charge in [0.25, 0.3) is 0 Å². The van der Waals surface area contributed by atoms with Crippen molar-refractivity contribution in [2.75, 3.05) is 0 Å². The summed E-state index contributed by atoms with van der Waals surface area (Å²) in [4.78, 5) is 17.0. The SMILES string of the molecule is CC(C)(C)OC(=O)n1c(C2CC2)c(C#N)c2nc(Br)ccc21. The second-order valence-corrected chi connectivity index (χ2v) is 7.28. The molecule has 22 heavy (non-hydrogen) atoms. The van der Waals surface area contributed by atoms with Crippen molar-refractivity contribution in [2.45, 2.75) is 45.1 Å². The fourth-order valence-corrected chi connectivity index (χ4v) is 2.82. The summed E-state index contributed by atoms with van der Waals surface area (Å²) in [6.07, 6.45) is 1.51. The number of rotatable bonds is 1. The smallest absolute Gasteiger partial charge is 0.419 e. The summed E-state index contributed by atoms with van der Waals surface area (Å²) in [6.45, 7) is 5.48. The minimum absolute atomic E-state index is 0.232. The number of pyridine rings is 1. The van der Waals surface area contributed by atoms with E-state index >= 15 is 0 Å². The van der Waals surface area contributed by atoms with Crippen molar-refractivity contribution in [3.05, 3.63) is 28.0 Å². The van der Waals surface area contributed by atoms with Crippen LogP contribution in [0.25, 0.3) is 11.0 Å². The number of fused-ring (bicyclic) bond motifs is 1. The van der Waals surface area contributed by atoms with E-state index in [1.54, 1.807) is 12.1 Å². The number of hydrogen-bond acceptors (Lipinski definition) is 4. The molecule has 5 nitrogen and oxygen atoms in total. The van der Waals surface area contributed by atoms with Crippen LogP contribution in [0.4, 0.5) is 4.79 Å². The molecule has 0 aromatic carbocycles. The lowest BCUT2D eigenvalue weighted by atomic mass is 10.1. The molecule has 0 unspecified atom stereocenters. The molecule has 3 rings (SSSR count). The third-order valence-electron chi connectivity index (χ3n) is 3.47. The van der Waals surface area contributed by atoms with Crippen molar-refractivity contribution in [1.29, 1.82) is 5.26 Å². The summed E-state index contributed by atoms with van der Waals surface area (Å²) >= 11 is 3.32. The van der Waals surface area contributed by atoms with Crippen molar-refractivity contribution in [1.82, 2.24) is 9.55 Å². The maximum absolute atomic E-state index is 12.6.